The molecular weight excluding hydrogens is 282 g/mol. The van der Waals surface area contributed by atoms with Gasteiger partial charge in [-0.2, -0.15) is 0 Å². The standard InChI is InChI=1S/C13H10BrNO2/c1-17-13(16)10-6-7-15-8-11(10)9-4-2-3-5-12(9)14/h2-8H,1H3. The molecule has 0 bridgehead atoms. The lowest BCUT2D eigenvalue weighted by atomic mass is 10.0. The Morgan fingerprint density at radius 2 is 2.00 bits per heavy atom. The predicted octanol–water partition coefficient (Wildman–Crippen LogP) is 3.30. The van der Waals surface area contributed by atoms with Crippen LogP contribution in [0.5, 0.6) is 0 Å². The molecule has 2 aromatic rings. The van der Waals surface area contributed by atoms with Crippen molar-refractivity contribution in [3.63, 3.8) is 0 Å². The van der Waals surface area contributed by atoms with Gasteiger partial charge in [0.1, 0.15) is 0 Å². The van der Waals surface area contributed by atoms with Crippen LogP contribution in [0.4, 0.5) is 0 Å². The van der Waals surface area contributed by atoms with Crippen molar-refractivity contribution < 1.29 is 9.53 Å². The number of nitrogens with zero attached hydrogens (tertiary/aromatic N) is 1. The summed E-state index contributed by atoms with van der Waals surface area (Å²) < 4.78 is 5.67. The van der Waals surface area contributed by atoms with Crippen LogP contribution in [0.15, 0.2) is 47.2 Å². The number of hydrogen-bond acceptors (Lipinski definition) is 3. The predicted molar refractivity (Wildman–Crippen MR) is 68.7 cm³/mol. The zero-order chi connectivity index (χ0) is 12.3. The largest absolute Gasteiger partial charge is 0.465 e. The molecule has 3 nitrogen and oxygen atoms in total. The van der Waals surface area contributed by atoms with E-state index in [1.165, 1.54) is 7.11 Å². The molecule has 1 heterocycles. The highest BCUT2D eigenvalue weighted by molar-refractivity contribution is 9.10. The molecular formula is C13H10BrNO2. The summed E-state index contributed by atoms with van der Waals surface area (Å²) in [6.07, 6.45) is 3.24. The van der Waals surface area contributed by atoms with Gasteiger partial charge in [0.05, 0.1) is 12.7 Å². The molecule has 0 aliphatic rings. The second-order valence-electron chi connectivity index (χ2n) is 3.39. The van der Waals surface area contributed by atoms with Gasteiger partial charge >= 0.3 is 5.97 Å². The first kappa shape index (κ1) is 11.8. The van der Waals surface area contributed by atoms with Gasteiger partial charge in [-0.3, -0.25) is 4.98 Å². The van der Waals surface area contributed by atoms with Crippen LogP contribution in [0.25, 0.3) is 11.1 Å². The molecule has 17 heavy (non-hydrogen) atoms. The fourth-order valence-electron chi connectivity index (χ4n) is 1.58. The highest BCUT2D eigenvalue weighted by Gasteiger charge is 2.14. The summed E-state index contributed by atoms with van der Waals surface area (Å²) in [5.41, 5.74) is 2.18. The van der Waals surface area contributed by atoms with Crippen molar-refractivity contribution >= 4 is 21.9 Å². The minimum absolute atomic E-state index is 0.363. The van der Waals surface area contributed by atoms with Crippen molar-refractivity contribution in [3.8, 4) is 11.1 Å². The number of aromatic nitrogens is 1. The summed E-state index contributed by atoms with van der Waals surface area (Å²) in [7, 11) is 1.37. The number of benzene rings is 1. The summed E-state index contributed by atoms with van der Waals surface area (Å²) in [6, 6.07) is 9.33. The monoisotopic (exact) mass is 291 g/mol. The van der Waals surface area contributed by atoms with Gasteiger partial charge in [0.15, 0.2) is 0 Å². The van der Waals surface area contributed by atoms with Crippen LogP contribution in [0.3, 0.4) is 0 Å². The van der Waals surface area contributed by atoms with Crippen LogP contribution in [0.1, 0.15) is 10.4 Å². The molecule has 0 saturated heterocycles. The molecule has 0 spiro atoms. The molecule has 1 aromatic heterocycles. The molecule has 86 valence electrons. The number of ether oxygens (including phenoxy) is 1. The number of halogens is 1. The van der Waals surface area contributed by atoms with Gasteiger partial charge in [0.2, 0.25) is 0 Å². The van der Waals surface area contributed by atoms with E-state index in [0.29, 0.717) is 5.56 Å². The van der Waals surface area contributed by atoms with Crippen LogP contribution in [0.2, 0.25) is 0 Å². The zero-order valence-corrected chi connectivity index (χ0v) is 10.8. The molecule has 0 unspecified atom stereocenters. The van der Waals surface area contributed by atoms with E-state index >= 15 is 0 Å². The Kier molecular flexibility index (Phi) is 3.54. The maximum atomic E-state index is 11.7. The van der Waals surface area contributed by atoms with Crippen molar-refractivity contribution in [2.45, 2.75) is 0 Å². The molecule has 0 fully saturated rings. The van der Waals surface area contributed by atoms with Gasteiger partial charge in [-0.1, -0.05) is 34.1 Å². The minimum Gasteiger partial charge on any atom is -0.465 e. The Hall–Kier alpha value is -1.68. The molecule has 0 aliphatic heterocycles. The van der Waals surface area contributed by atoms with Crippen LogP contribution in [0, 0.1) is 0 Å². The minimum atomic E-state index is -0.363. The van der Waals surface area contributed by atoms with Gasteiger partial charge in [0.25, 0.3) is 0 Å². The first-order chi connectivity index (χ1) is 8.24. The Morgan fingerprint density at radius 3 is 2.71 bits per heavy atom. The van der Waals surface area contributed by atoms with Crippen molar-refractivity contribution in [1.29, 1.82) is 0 Å². The Bertz CT molecular complexity index is 555. The van der Waals surface area contributed by atoms with E-state index in [1.807, 2.05) is 24.3 Å². The Balaban J connectivity index is 2.60. The van der Waals surface area contributed by atoms with Gasteiger partial charge in [0, 0.05) is 22.4 Å². The van der Waals surface area contributed by atoms with Crippen LogP contribution >= 0.6 is 15.9 Å². The molecule has 0 atom stereocenters. The number of carbonyl (C=O) groups is 1. The number of rotatable bonds is 2. The fraction of sp³-hybridized carbons (Fsp3) is 0.0769. The molecule has 0 N–H and O–H groups in total. The quantitative estimate of drug-likeness (QED) is 0.797. The van der Waals surface area contributed by atoms with E-state index in [1.54, 1.807) is 18.5 Å². The summed E-state index contributed by atoms with van der Waals surface area (Å²) in [6.45, 7) is 0. The first-order valence-corrected chi connectivity index (χ1v) is 5.80. The lowest BCUT2D eigenvalue weighted by molar-refractivity contribution is 0.0601. The lowest BCUT2D eigenvalue weighted by Gasteiger charge is -2.08. The normalized spacial score (nSPS) is 10.0. The number of carbonyl (C=O) groups excluding carboxylic acids is 1. The molecule has 1 aromatic carbocycles. The highest BCUT2D eigenvalue weighted by atomic mass is 79.9. The Labute approximate surface area is 108 Å². The van der Waals surface area contributed by atoms with Gasteiger partial charge in [-0.25, -0.2) is 4.79 Å². The van der Waals surface area contributed by atoms with Crippen molar-refractivity contribution in [2.24, 2.45) is 0 Å². The van der Waals surface area contributed by atoms with Crippen LogP contribution in [-0.2, 0) is 4.74 Å². The van der Waals surface area contributed by atoms with Crippen molar-refractivity contribution in [2.75, 3.05) is 7.11 Å². The maximum Gasteiger partial charge on any atom is 0.338 e. The average molecular weight is 292 g/mol. The van der Waals surface area contributed by atoms with E-state index in [0.717, 1.165) is 15.6 Å². The molecule has 0 amide bonds. The first-order valence-electron chi connectivity index (χ1n) is 5.01. The smallest absolute Gasteiger partial charge is 0.338 e. The van der Waals surface area contributed by atoms with E-state index in [9.17, 15) is 4.79 Å². The number of hydrogen-bond donors (Lipinski definition) is 0. The number of esters is 1. The summed E-state index contributed by atoms with van der Waals surface area (Å²) in [5, 5.41) is 0. The van der Waals surface area contributed by atoms with Gasteiger partial charge < -0.3 is 4.74 Å². The van der Waals surface area contributed by atoms with E-state index in [-0.39, 0.29) is 5.97 Å². The second-order valence-corrected chi connectivity index (χ2v) is 4.25. The lowest BCUT2D eigenvalue weighted by Crippen LogP contribution is -2.04. The van der Waals surface area contributed by atoms with Gasteiger partial charge in [-0.15, -0.1) is 0 Å². The zero-order valence-electron chi connectivity index (χ0n) is 9.18. The molecule has 2 rings (SSSR count). The Morgan fingerprint density at radius 1 is 1.24 bits per heavy atom. The average Bonchev–Trinajstić information content (AvgIpc) is 2.38. The fourth-order valence-corrected chi connectivity index (χ4v) is 2.08. The summed E-state index contributed by atoms with van der Waals surface area (Å²) in [5.74, 6) is -0.363. The third-order valence-electron chi connectivity index (χ3n) is 2.39. The van der Waals surface area contributed by atoms with E-state index in [4.69, 9.17) is 4.74 Å². The summed E-state index contributed by atoms with van der Waals surface area (Å²) in [4.78, 5) is 15.7. The third kappa shape index (κ3) is 2.36. The molecule has 0 radical (unpaired) electrons. The van der Waals surface area contributed by atoms with Crippen molar-refractivity contribution in [1.82, 2.24) is 4.98 Å². The maximum absolute atomic E-state index is 11.7. The molecule has 0 aliphatic carbocycles. The van der Waals surface area contributed by atoms with E-state index in [2.05, 4.69) is 20.9 Å². The number of methoxy groups -OCH3 is 1. The molecule has 4 heteroatoms. The highest BCUT2D eigenvalue weighted by Crippen LogP contribution is 2.30. The van der Waals surface area contributed by atoms with E-state index < -0.39 is 0 Å². The third-order valence-corrected chi connectivity index (χ3v) is 3.08. The van der Waals surface area contributed by atoms with Crippen LogP contribution < -0.4 is 0 Å². The number of pyridine rings is 1. The summed E-state index contributed by atoms with van der Waals surface area (Å²) >= 11 is 3.46. The SMILES string of the molecule is COC(=O)c1ccncc1-c1ccccc1Br. The van der Waals surface area contributed by atoms with Crippen molar-refractivity contribution in [3.05, 3.63) is 52.8 Å². The topological polar surface area (TPSA) is 39.2 Å². The van der Waals surface area contributed by atoms with Crippen LogP contribution in [-0.4, -0.2) is 18.1 Å². The second kappa shape index (κ2) is 5.10. The molecule has 0 saturated carbocycles. The van der Waals surface area contributed by atoms with Gasteiger partial charge in [-0.05, 0) is 17.7 Å².